The van der Waals surface area contributed by atoms with Crippen molar-refractivity contribution in [3.05, 3.63) is 29.6 Å². The van der Waals surface area contributed by atoms with Crippen LogP contribution < -0.4 is 5.32 Å². The van der Waals surface area contributed by atoms with E-state index in [1.54, 1.807) is 12.1 Å². The van der Waals surface area contributed by atoms with Gasteiger partial charge in [-0.3, -0.25) is 0 Å². The van der Waals surface area contributed by atoms with Crippen molar-refractivity contribution >= 4 is 5.69 Å². The number of anilines is 1. The maximum absolute atomic E-state index is 13.1. The lowest BCUT2D eigenvalue weighted by molar-refractivity contribution is 0.168. The second-order valence-electron chi connectivity index (χ2n) is 2.94. The van der Waals surface area contributed by atoms with Crippen LogP contribution in [0.25, 0.3) is 0 Å². The molecule has 1 aromatic rings. The summed E-state index contributed by atoms with van der Waals surface area (Å²) in [5, 5.41) is 12.4. The van der Waals surface area contributed by atoms with Gasteiger partial charge in [0.05, 0.1) is 11.8 Å². The van der Waals surface area contributed by atoms with Crippen LogP contribution in [0.15, 0.2) is 18.2 Å². The lowest BCUT2D eigenvalue weighted by atomic mass is 10.0. The number of aliphatic hydroxyl groups excluding tert-OH is 1. The first-order chi connectivity index (χ1) is 5.79. The number of nitrogens with one attached hydrogen (secondary N) is 1. The minimum atomic E-state index is -0.517. The van der Waals surface area contributed by atoms with Crippen LogP contribution in [0, 0.1) is 5.82 Å². The molecule has 2 nitrogen and oxygen atoms in total. The van der Waals surface area contributed by atoms with E-state index in [9.17, 15) is 9.50 Å². The summed E-state index contributed by atoms with van der Waals surface area (Å²) in [6.07, 6.45) is 0.133. The summed E-state index contributed by atoms with van der Waals surface area (Å²) in [5.41, 5.74) is 1.12. The Hall–Kier alpha value is -1.09. The van der Waals surface area contributed by atoms with Crippen molar-refractivity contribution in [3.8, 4) is 0 Å². The highest BCUT2D eigenvalue weighted by Gasteiger charge is 2.19. The highest BCUT2D eigenvalue weighted by atomic mass is 19.1. The zero-order valence-corrected chi connectivity index (χ0v) is 6.55. The standard InChI is InChI=1S/C9H10FNO/c10-7-3-1-2-6-8(12)4-5-11-9(6)7/h1-3,8,11-12H,4-5H2. The second kappa shape index (κ2) is 2.75. The average molecular weight is 167 g/mol. The molecule has 0 saturated heterocycles. The molecule has 0 radical (unpaired) electrons. The van der Waals surface area contributed by atoms with Gasteiger partial charge in [-0.05, 0) is 12.5 Å². The number of rotatable bonds is 0. The van der Waals surface area contributed by atoms with Gasteiger partial charge < -0.3 is 10.4 Å². The molecule has 0 aromatic heterocycles. The van der Waals surface area contributed by atoms with E-state index in [-0.39, 0.29) is 5.82 Å². The monoisotopic (exact) mass is 167 g/mol. The Morgan fingerprint density at radius 2 is 2.33 bits per heavy atom. The first-order valence-electron chi connectivity index (χ1n) is 3.99. The predicted octanol–water partition coefficient (Wildman–Crippen LogP) is 1.67. The molecule has 2 N–H and O–H groups in total. The Morgan fingerprint density at radius 3 is 3.08 bits per heavy atom. The molecule has 64 valence electrons. The topological polar surface area (TPSA) is 32.3 Å². The number of aliphatic hydroxyl groups is 1. The summed E-state index contributed by atoms with van der Waals surface area (Å²) >= 11 is 0. The quantitative estimate of drug-likeness (QED) is 0.616. The number of hydrogen-bond donors (Lipinski definition) is 2. The predicted molar refractivity (Wildman–Crippen MR) is 44.5 cm³/mol. The van der Waals surface area contributed by atoms with Crippen molar-refractivity contribution in [3.63, 3.8) is 0 Å². The van der Waals surface area contributed by atoms with Crippen molar-refractivity contribution in [2.24, 2.45) is 0 Å². The second-order valence-corrected chi connectivity index (χ2v) is 2.94. The van der Waals surface area contributed by atoms with Crippen molar-refractivity contribution < 1.29 is 9.50 Å². The summed E-state index contributed by atoms with van der Waals surface area (Å²) in [7, 11) is 0. The van der Waals surface area contributed by atoms with Crippen molar-refractivity contribution in [2.45, 2.75) is 12.5 Å². The third-order valence-corrected chi connectivity index (χ3v) is 2.12. The molecule has 0 saturated carbocycles. The van der Waals surface area contributed by atoms with E-state index in [2.05, 4.69) is 5.32 Å². The molecule has 1 aliphatic heterocycles. The summed E-state index contributed by atoms with van der Waals surface area (Å²) < 4.78 is 13.1. The first-order valence-corrected chi connectivity index (χ1v) is 3.99. The molecular formula is C9H10FNO. The van der Waals surface area contributed by atoms with Crippen molar-refractivity contribution in [1.82, 2.24) is 0 Å². The normalized spacial score (nSPS) is 21.3. The molecule has 2 rings (SSSR count). The zero-order valence-electron chi connectivity index (χ0n) is 6.55. The molecule has 1 unspecified atom stereocenters. The van der Waals surface area contributed by atoms with Crippen molar-refractivity contribution in [2.75, 3.05) is 11.9 Å². The van der Waals surface area contributed by atoms with E-state index in [1.165, 1.54) is 6.07 Å². The maximum atomic E-state index is 13.1. The largest absolute Gasteiger partial charge is 0.388 e. The molecule has 0 bridgehead atoms. The molecule has 0 spiro atoms. The molecule has 1 atom stereocenters. The Labute approximate surface area is 70.0 Å². The van der Waals surface area contributed by atoms with Crippen LogP contribution in [-0.4, -0.2) is 11.7 Å². The van der Waals surface area contributed by atoms with Gasteiger partial charge in [0.1, 0.15) is 5.82 Å². The Morgan fingerprint density at radius 1 is 1.50 bits per heavy atom. The number of halogens is 1. The van der Waals surface area contributed by atoms with Crippen LogP contribution in [-0.2, 0) is 0 Å². The maximum Gasteiger partial charge on any atom is 0.146 e. The van der Waals surface area contributed by atoms with Crippen LogP contribution in [0.4, 0.5) is 10.1 Å². The summed E-state index contributed by atoms with van der Waals surface area (Å²) in [4.78, 5) is 0. The van der Waals surface area contributed by atoms with Gasteiger partial charge >= 0.3 is 0 Å². The average Bonchev–Trinajstić information content (AvgIpc) is 2.07. The number of benzene rings is 1. The minimum Gasteiger partial charge on any atom is -0.388 e. The zero-order chi connectivity index (χ0) is 8.55. The first kappa shape index (κ1) is 7.55. The smallest absolute Gasteiger partial charge is 0.146 e. The Bertz CT molecular complexity index is 301. The van der Waals surface area contributed by atoms with Gasteiger partial charge in [0.25, 0.3) is 0 Å². The summed E-state index contributed by atoms with van der Waals surface area (Å²) in [5.74, 6) is -0.286. The van der Waals surface area contributed by atoms with Crippen LogP contribution >= 0.6 is 0 Å². The molecule has 0 aliphatic carbocycles. The molecular weight excluding hydrogens is 157 g/mol. The van der Waals surface area contributed by atoms with Crippen LogP contribution in [0.1, 0.15) is 18.1 Å². The lowest BCUT2D eigenvalue weighted by Gasteiger charge is -2.22. The number of hydrogen-bond acceptors (Lipinski definition) is 2. The van der Waals surface area contributed by atoms with Crippen LogP contribution in [0.5, 0.6) is 0 Å². The van der Waals surface area contributed by atoms with E-state index in [1.807, 2.05) is 0 Å². The van der Waals surface area contributed by atoms with Crippen LogP contribution in [0.3, 0.4) is 0 Å². The minimum absolute atomic E-state index is 0.286. The highest BCUT2D eigenvalue weighted by molar-refractivity contribution is 5.55. The Balaban J connectivity index is 2.52. The van der Waals surface area contributed by atoms with Gasteiger partial charge in [-0.2, -0.15) is 0 Å². The third kappa shape index (κ3) is 1.06. The van der Waals surface area contributed by atoms with E-state index in [0.717, 1.165) is 0 Å². The van der Waals surface area contributed by atoms with Gasteiger partial charge in [-0.25, -0.2) is 4.39 Å². The van der Waals surface area contributed by atoms with E-state index in [0.29, 0.717) is 24.2 Å². The van der Waals surface area contributed by atoms with Gasteiger partial charge in [-0.1, -0.05) is 12.1 Å². The van der Waals surface area contributed by atoms with Gasteiger partial charge in [0.15, 0.2) is 0 Å². The van der Waals surface area contributed by atoms with Gasteiger partial charge in [-0.15, -0.1) is 0 Å². The molecule has 1 aliphatic rings. The van der Waals surface area contributed by atoms with E-state index in [4.69, 9.17) is 0 Å². The number of para-hydroxylation sites is 1. The van der Waals surface area contributed by atoms with Gasteiger partial charge in [0, 0.05) is 12.1 Å². The number of fused-ring (bicyclic) bond motifs is 1. The summed E-state index contributed by atoms with van der Waals surface area (Å²) in [6.45, 7) is 0.634. The molecule has 0 amide bonds. The van der Waals surface area contributed by atoms with Crippen LogP contribution in [0.2, 0.25) is 0 Å². The van der Waals surface area contributed by atoms with E-state index >= 15 is 0 Å². The van der Waals surface area contributed by atoms with Crippen molar-refractivity contribution in [1.29, 1.82) is 0 Å². The highest BCUT2D eigenvalue weighted by Crippen LogP contribution is 2.31. The molecule has 12 heavy (non-hydrogen) atoms. The third-order valence-electron chi connectivity index (χ3n) is 2.12. The molecule has 1 heterocycles. The van der Waals surface area contributed by atoms with Gasteiger partial charge in [0.2, 0.25) is 0 Å². The molecule has 3 heteroatoms. The Kier molecular flexibility index (Phi) is 1.73. The lowest BCUT2D eigenvalue weighted by Crippen LogP contribution is -2.17. The molecule has 0 fully saturated rings. The van der Waals surface area contributed by atoms with E-state index < -0.39 is 6.10 Å². The fraction of sp³-hybridized carbons (Fsp3) is 0.333. The SMILES string of the molecule is OC1CCNc2c(F)cccc21. The molecule has 1 aromatic carbocycles. The summed E-state index contributed by atoms with van der Waals surface area (Å²) in [6, 6.07) is 4.75. The fourth-order valence-corrected chi connectivity index (χ4v) is 1.49. The fourth-order valence-electron chi connectivity index (χ4n) is 1.49.